The molecule has 1 amide bonds. The molecule has 0 heterocycles. The number of hydrogen-bond donors (Lipinski definition) is 1. The number of aliphatic hydroxyl groups excluding tert-OH is 1. The van der Waals surface area contributed by atoms with Gasteiger partial charge in [-0.1, -0.05) is 17.7 Å². The topological polar surface area (TPSA) is 40.5 Å². The van der Waals surface area contributed by atoms with Gasteiger partial charge in [-0.25, -0.2) is 0 Å². The van der Waals surface area contributed by atoms with Crippen LogP contribution in [0.1, 0.15) is 24.2 Å². The number of aliphatic hydroxyl groups is 1. The van der Waals surface area contributed by atoms with Gasteiger partial charge >= 0.3 is 0 Å². The fourth-order valence-electron chi connectivity index (χ4n) is 1.49. The molecule has 0 aromatic heterocycles. The van der Waals surface area contributed by atoms with Crippen LogP contribution >= 0.6 is 11.6 Å². The van der Waals surface area contributed by atoms with E-state index in [0.29, 0.717) is 17.1 Å². The van der Waals surface area contributed by atoms with E-state index in [-0.39, 0.29) is 18.6 Å². The first-order valence-corrected chi connectivity index (χ1v) is 5.61. The molecule has 0 atom stereocenters. The van der Waals surface area contributed by atoms with Gasteiger partial charge in [0.05, 0.1) is 6.61 Å². The van der Waals surface area contributed by atoms with E-state index in [2.05, 4.69) is 0 Å². The Morgan fingerprint density at radius 3 is 2.69 bits per heavy atom. The van der Waals surface area contributed by atoms with Gasteiger partial charge in [-0.2, -0.15) is 0 Å². The van der Waals surface area contributed by atoms with E-state index >= 15 is 0 Å². The Labute approximate surface area is 101 Å². The molecule has 0 aliphatic rings. The maximum atomic E-state index is 12.1. The molecule has 16 heavy (non-hydrogen) atoms. The second-order valence-electron chi connectivity index (χ2n) is 3.83. The average molecular weight is 242 g/mol. The number of benzene rings is 1. The molecule has 1 N–H and O–H groups in total. The van der Waals surface area contributed by atoms with Crippen LogP contribution in [0, 0.1) is 0 Å². The fraction of sp³-hybridized carbons (Fsp3) is 0.417. The molecule has 0 saturated heterocycles. The quantitative estimate of drug-likeness (QED) is 0.878. The van der Waals surface area contributed by atoms with Crippen LogP contribution < -0.4 is 0 Å². The lowest BCUT2D eigenvalue weighted by Gasteiger charge is -2.26. The number of nitrogens with zero attached hydrogens (tertiary/aromatic N) is 1. The molecule has 0 aliphatic carbocycles. The molecule has 0 unspecified atom stereocenters. The third-order valence-corrected chi connectivity index (χ3v) is 2.53. The Balaban J connectivity index is 2.90. The van der Waals surface area contributed by atoms with Crippen molar-refractivity contribution in [2.45, 2.75) is 19.9 Å². The van der Waals surface area contributed by atoms with Gasteiger partial charge in [0, 0.05) is 23.2 Å². The summed E-state index contributed by atoms with van der Waals surface area (Å²) in [7, 11) is 0. The van der Waals surface area contributed by atoms with Gasteiger partial charge in [0.25, 0.3) is 5.91 Å². The minimum Gasteiger partial charge on any atom is -0.395 e. The van der Waals surface area contributed by atoms with Gasteiger partial charge in [-0.3, -0.25) is 4.79 Å². The highest BCUT2D eigenvalue weighted by Gasteiger charge is 2.17. The Morgan fingerprint density at radius 1 is 1.50 bits per heavy atom. The first-order valence-electron chi connectivity index (χ1n) is 5.23. The standard InChI is InChI=1S/C12H16ClNO2/c1-9(2)14(6-7-15)12(16)10-4-3-5-11(13)8-10/h3-5,8-9,15H,6-7H2,1-2H3. The van der Waals surface area contributed by atoms with E-state index < -0.39 is 0 Å². The SMILES string of the molecule is CC(C)N(CCO)C(=O)c1cccc(Cl)c1. The highest BCUT2D eigenvalue weighted by molar-refractivity contribution is 6.30. The molecule has 4 heteroatoms. The zero-order valence-electron chi connectivity index (χ0n) is 9.48. The van der Waals surface area contributed by atoms with E-state index in [1.54, 1.807) is 29.2 Å². The molecule has 0 spiro atoms. The molecule has 1 aromatic carbocycles. The number of hydrogen-bond acceptors (Lipinski definition) is 2. The van der Waals surface area contributed by atoms with E-state index in [1.165, 1.54) is 0 Å². The number of carbonyl (C=O) groups excluding carboxylic acids is 1. The van der Waals surface area contributed by atoms with Gasteiger partial charge in [0.1, 0.15) is 0 Å². The molecule has 1 aromatic rings. The number of carbonyl (C=O) groups is 1. The molecule has 0 fully saturated rings. The third kappa shape index (κ3) is 3.22. The minimum atomic E-state index is -0.105. The molecule has 0 bridgehead atoms. The molecule has 0 aliphatic heterocycles. The molecule has 88 valence electrons. The third-order valence-electron chi connectivity index (χ3n) is 2.30. The van der Waals surface area contributed by atoms with Crippen molar-refractivity contribution in [3.8, 4) is 0 Å². The van der Waals surface area contributed by atoms with Gasteiger partial charge in [0.2, 0.25) is 0 Å². The predicted molar refractivity (Wildman–Crippen MR) is 64.7 cm³/mol. The summed E-state index contributed by atoms with van der Waals surface area (Å²) in [5.41, 5.74) is 0.551. The number of rotatable bonds is 4. The summed E-state index contributed by atoms with van der Waals surface area (Å²) >= 11 is 5.83. The molecule has 0 saturated carbocycles. The van der Waals surface area contributed by atoms with Crippen molar-refractivity contribution >= 4 is 17.5 Å². The Bertz CT molecular complexity index is 366. The Hall–Kier alpha value is -1.06. The lowest BCUT2D eigenvalue weighted by atomic mass is 10.1. The van der Waals surface area contributed by atoms with E-state index in [0.717, 1.165) is 0 Å². The summed E-state index contributed by atoms with van der Waals surface area (Å²) in [5, 5.41) is 9.46. The Morgan fingerprint density at radius 2 is 2.19 bits per heavy atom. The predicted octanol–water partition coefficient (Wildman–Crippen LogP) is 2.18. The van der Waals surface area contributed by atoms with E-state index in [4.69, 9.17) is 16.7 Å². The maximum Gasteiger partial charge on any atom is 0.254 e. The van der Waals surface area contributed by atoms with Gasteiger partial charge in [0.15, 0.2) is 0 Å². The summed E-state index contributed by atoms with van der Waals surface area (Å²) in [5.74, 6) is -0.105. The lowest BCUT2D eigenvalue weighted by Crippen LogP contribution is -2.38. The van der Waals surface area contributed by atoms with Crippen LogP contribution in [0.15, 0.2) is 24.3 Å². The van der Waals surface area contributed by atoms with Crippen LogP contribution in [0.2, 0.25) is 5.02 Å². The van der Waals surface area contributed by atoms with Crippen molar-refractivity contribution < 1.29 is 9.90 Å². The zero-order chi connectivity index (χ0) is 12.1. The summed E-state index contributed by atoms with van der Waals surface area (Å²) < 4.78 is 0. The smallest absolute Gasteiger partial charge is 0.254 e. The summed E-state index contributed by atoms with van der Waals surface area (Å²) in [4.78, 5) is 13.7. The second kappa shape index (κ2) is 5.87. The van der Waals surface area contributed by atoms with Gasteiger partial charge in [-0.15, -0.1) is 0 Å². The molecular weight excluding hydrogens is 226 g/mol. The van der Waals surface area contributed by atoms with Crippen LogP contribution in [0.5, 0.6) is 0 Å². The Kier molecular flexibility index (Phi) is 4.77. The van der Waals surface area contributed by atoms with E-state index in [1.807, 2.05) is 13.8 Å². The van der Waals surface area contributed by atoms with Crippen molar-refractivity contribution in [3.63, 3.8) is 0 Å². The molecule has 0 radical (unpaired) electrons. The fourth-order valence-corrected chi connectivity index (χ4v) is 1.68. The van der Waals surface area contributed by atoms with Crippen molar-refractivity contribution in [2.75, 3.05) is 13.2 Å². The molecular formula is C12H16ClNO2. The first kappa shape index (κ1) is 13.0. The average Bonchev–Trinajstić information content (AvgIpc) is 2.24. The summed E-state index contributed by atoms with van der Waals surface area (Å²) in [6.45, 7) is 4.13. The highest BCUT2D eigenvalue weighted by Crippen LogP contribution is 2.14. The van der Waals surface area contributed by atoms with Crippen molar-refractivity contribution in [1.82, 2.24) is 4.90 Å². The largest absolute Gasteiger partial charge is 0.395 e. The summed E-state index contributed by atoms with van der Waals surface area (Å²) in [6, 6.07) is 6.88. The van der Waals surface area contributed by atoms with Crippen LogP contribution in [-0.4, -0.2) is 35.1 Å². The zero-order valence-corrected chi connectivity index (χ0v) is 10.2. The van der Waals surface area contributed by atoms with Gasteiger partial charge < -0.3 is 10.0 Å². The van der Waals surface area contributed by atoms with Crippen molar-refractivity contribution in [2.24, 2.45) is 0 Å². The normalized spacial score (nSPS) is 10.6. The lowest BCUT2D eigenvalue weighted by molar-refractivity contribution is 0.0665. The van der Waals surface area contributed by atoms with Crippen molar-refractivity contribution in [1.29, 1.82) is 0 Å². The number of halogens is 1. The van der Waals surface area contributed by atoms with Gasteiger partial charge in [-0.05, 0) is 32.0 Å². The maximum absolute atomic E-state index is 12.1. The highest BCUT2D eigenvalue weighted by atomic mass is 35.5. The molecule has 3 nitrogen and oxygen atoms in total. The van der Waals surface area contributed by atoms with Crippen LogP contribution in [0.4, 0.5) is 0 Å². The van der Waals surface area contributed by atoms with Crippen LogP contribution in [0.3, 0.4) is 0 Å². The monoisotopic (exact) mass is 241 g/mol. The van der Waals surface area contributed by atoms with Crippen LogP contribution in [0.25, 0.3) is 0 Å². The summed E-state index contributed by atoms with van der Waals surface area (Å²) in [6.07, 6.45) is 0. The van der Waals surface area contributed by atoms with Crippen LogP contribution in [-0.2, 0) is 0 Å². The number of amides is 1. The minimum absolute atomic E-state index is 0.0372. The van der Waals surface area contributed by atoms with Crippen molar-refractivity contribution in [3.05, 3.63) is 34.9 Å². The van der Waals surface area contributed by atoms with E-state index in [9.17, 15) is 4.79 Å². The second-order valence-corrected chi connectivity index (χ2v) is 4.26. The molecule has 1 rings (SSSR count). The first-order chi connectivity index (χ1) is 7.56.